The van der Waals surface area contributed by atoms with Gasteiger partial charge in [0, 0.05) is 12.7 Å². The normalized spacial score (nSPS) is 11.8. The van der Waals surface area contributed by atoms with E-state index in [-0.39, 0.29) is 5.91 Å². The van der Waals surface area contributed by atoms with Crippen LogP contribution in [0.1, 0.15) is 18.4 Å². The Kier molecular flexibility index (Phi) is 5.62. The molecule has 20 heavy (non-hydrogen) atoms. The van der Waals surface area contributed by atoms with Crippen molar-refractivity contribution in [2.45, 2.75) is 17.9 Å². The molecule has 104 valence electrons. The number of carbonyl (C=O) groups is 1. The molecule has 0 aliphatic heterocycles. The average molecular weight is 286 g/mol. The fraction of sp³-hybridized carbons (Fsp3) is 0.250. The van der Waals surface area contributed by atoms with Crippen molar-refractivity contribution in [2.75, 3.05) is 12.3 Å². The minimum atomic E-state index is 0.0448. The molecule has 1 aromatic carbocycles. The van der Waals surface area contributed by atoms with Crippen LogP contribution in [-0.4, -0.2) is 23.2 Å². The van der Waals surface area contributed by atoms with Gasteiger partial charge in [0.15, 0.2) is 0 Å². The highest BCUT2D eigenvalue weighted by atomic mass is 32.2. The third-order valence-electron chi connectivity index (χ3n) is 2.96. The molecule has 1 heterocycles. The van der Waals surface area contributed by atoms with Gasteiger partial charge < -0.3 is 5.32 Å². The second kappa shape index (κ2) is 7.70. The number of benzene rings is 1. The summed E-state index contributed by atoms with van der Waals surface area (Å²) >= 11 is 1.45. The quantitative estimate of drug-likeness (QED) is 0.830. The van der Waals surface area contributed by atoms with E-state index in [0.29, 0.717) is 18.2 Å². The summed E-state index contributed by atoms with van der Waals surface area (Å²) < 4.78 is 0. The monoisotopic (exact) mass is 286 g/mol. The summed E-state index contributed by atoms with van der Waals surface area (Å²) in [5, 5.41) is 3.84. The number of pyridine rings is 1. The molecule has 1 atom stereocenters. The van der Waals surface area contributed by atoms with E-state index in [9.17, 15) is 4.79 Å². The highest BCUT2D eigenvalue weighted by Gasteiger charge is 2.08. The van der Waals surface area contributed by atoms with Crippen LogP contribution in [0.5, 0.6) is 0 Å². The topological polar surface area (TPSA) is 42.0 Å². The smallest absolute Gasteiger partial charge is 0.230 e. The van der Waals surface area contributed by atoms with Crippen LogP contribution in [0.25, 0.3) is 0 Å². The molecule has 2 aromatic rings. The first-order chi connectivity index (χ1) is 9.75. The SMILES string of the molecule is CC(CNC(=O)CSc1ccccn1)c1ccccc1. The molecule has 1 aromatic heterocycles. The van der Waals surface area contributed by atoms with Crippen molar-refractivity contribution in [3.63, 3.8) is 0 Å². The van der Waals surface area contributed by atoms with E-state index < -0.39 is 0 Å². The van der Waals surface area contributed by atoms with Crippen LogP contribution >= 0.6 is 11.8 Å². The minimum Gasteiger partial charge on any atom is -0.355 e. The van der Waals surface area contributed by atoms with Crippen LogP contribution in [0.15, 0.2) is 59.8 Å². The number of nitrogens with one attached hydrogen (secondary N) is 1. The van der Waals surface area contributed by atoms with Crippen molar-refractivity contribution >= 4 is 17.7 Å². The molecule has 0 bridgehead atoms. The predicted octanol–water partition coefficient (Wildman–Crippen LogP) is 3.09. The lowest BCUT2D eigenvalue weighted by Gasteiger charge is -2.12. The molecule has 0 fully saturated rings. The van der Waals surface area contributed by atoms with Gasteiger partial charge in [0.1, 0.15) is 0 Å². The number of carbonyl (C=O) groups excluding carboxylic acids is 1. The first-order valence-electron chi connectivity index (χ1n) is 6.61. The zero-order valence-corrected chi connectivity index (χ0v) is 12.3. The van der Waals surface area contributed by atoms with Crippen LogP contribution in [0.4, 0.5) is 0 Å². The Morgan fingerprint density at radius 2 is 1.95 bits per heavy atom. The maximum atomic E-state index is 11.8. The second-order valence-electron chi connectivity index (χ2n) is 4.57. The summed E-state index contributed by atoms with van der Waals surface area (Å²) in [6.45, 7) is 2.77. The Morgan fingerprint density at radius 1 is 1.20 bits per heavy atom. The first-order valence-corrected chi connectivity index (χ1v) is 7.60. The van der Waals surface area contributed by atoms with Gasteiger partial charge >= 0.3 is 0 Å². The van der Waals surface area contributed by atoms with Gasteiger partial charge in [-0.05, 0) is 23.6 Å². The standard InChI is InChI=1S/C16H18N2OS/c1-13(14-7-3-2-4-8-14)11-18-15(19)12-20-16-9-5-6-10-17-16/h2-10,13H,11-12H2,1H3,(H,18,19). The van der Waals surface area contributed by atoms with Crippen molar-refractivity contribution in [2.24, 2.45) is 0 Å². The molecule has 1 N–H and O–H groups in total. The lowest BCUT2D eigenvalue weighted by atomic mass is 10.0. The van der Waals surface area contributed by atoms with Gasteiger partial charge in [0.25, 0.3) is 0 Å². The van der Waals surface area contributed by atoms with Gasteiger partial charge in [-0.25, -0.2) is 4.98 Å². The maximum Gasteiger partial charge on any atom is 0.230 e. The number of nitrogens with zero attached hydrogens (tertiary/aromatic N) is 1. The fourth-order valence-electron chi connectivity index (χ4n) is 1.79. The highest BCUT2D eigenvalue weighted by Crippen LogP contribution is 2.15. The summed E-state index contributed by atoms with van der Waals surface area (Å²) in [5.74, 6) is 0.766. The van der Waals surface area contributed by atoms with Gasteiger partial charge in [0.05, 0.1) is 10.8 Å². The van der Waals surface area contributed by atoms with Crippen LogP contribution in [0, 0.1) is 0 Å². The van der Waals surface area contributed by atoms with Gasteiger partial charge in [-0.2, -0.15) is 0 Å². The van der Waals surface area contributed by atoms with Crippen molar-refractivity contribution in [1.82, 2.24) is 10.3 Å². The average Bonchev–Trinajstić information content (AvgIpc) is 2.52. The summed E-state index contributed by atoms with van der Waals surface area (Å²) in [6, 6.07) is 15.9. The van der Waals surface area contributed by atoms with Crippen LogP contribution in [-0.2, 0) is 4.79 Å². The predicted molar refractivity (Wildman–Crippen MR) is 82.8 cm³/mol. The van der Waals surface area contributed by atoms with Crippen LogP contribution in [0.3, 0.4) is 0 Å². The highest BCUT2D eigenvalue weighted by molar-refractivity contribution is 7.99. The van der Waals surface area contributed by atoms with E-state index in [2.05, 4.69) is 29.4 Å². The molecular formula is C16H18N2OS. The molecule has 0 radical (unpaired) electrons. The summed E-state index contributed by atoms with van der Waals surface area (Å²) in [4.78, 5) is 16.0. The van der Waals surface area contributed by atoms with E-state index >= 15 is 0 Å². The Labute approximate surface area is 123 Å². The molecule has 1 amide bonds. The van der Waals surface area contributed by atoms with Gasteiger partial charge in [-0.15, -0.1) is 0 Å². The largest absolute Gasteiger partial charge is 0.355 e. The van der Waals surface area contributed by atoms with Gasteiger partial charge in [-0.3, -0.25) is 4.79 Å². The minimum absolute atomic E-state index is 0.0448. The van der Waals surface area contributed by atoms with Crippen LogP contribution in [0.2, 0.25) is 0 Å². The van der Waals surface area contributed by atoms with Gasteiger partial charge in [0.2, 0.25) is 5.91 Å². The number of thioether (sulfide) groups is 1. The molecule has 0 saturated carbocycles. The Hall–Kier alpha value is -1.81. The van der Waals surface area contributed by atoms with Crippen LogP contribution < -0.4 is 5.32 Å². The van der Waals surface area contributed by atoms with Crippen molar-refractivity contribution in [3.8, 4) is 0 Å². The zero-order valence-electron chi connectivity index (χ0n) is 11.5. The molecular weight excluding hydrogens is 268 g/mol. The molecule has 0 aliphatic carbocycles. The van der Waals surface area contributed by atoms with Gasteiger partial charge in [-0.1, -0.05) is 55.1 Å². The number of hydrogen-bond donors (Lipinski definition) is 1. The van der Waals surface area contributed by atoms with E-state index in [1.807, 2.05) is 36.4 Å². The third-order valence-corrected chi connectivity index (χ3v) is 3.91. The van der Waals surface area contributed by atoms with Crippen molar-refractivity contribution in [3.05, 3.63) is 60.3 Å². The molecule has 0 saturated heterocycles. The van der Waals surface area contributed by atoms with E-state index in [4.69, 9.17) is 0 Å². The van der Waals surface area contributed by atoms with Crippen molar-refractivity contribution < 1.29 is 4.79 Å². The lowest BCUT2D eigenvalue weighted by Crippen LogP contribution is -2.28. The number of aromatic nitrogens is 1. The van der Waals surface area contributed by atoms with Crippen molar-refractivity contribution in [1.29, 1.82) is 0 Å². The molecule has 0 spiro atoms. The first kappa shape index (κ1) is 14.6. The summed E-state index contributed by atoms with van der Waals surface area (Å²) in [5.41, 5.74) is 1.24. The van der Waals surface area contributed by atoms with E-state index in [0.717, 1.165) is 5.03 Å². The Balaban J connectivity index is 1.73. The molecule has 1 unspecified atom stereocenters. The molecule has 3 nitrogen and oxygen atoms in total. The Bertz CT molecular complexity index is 531. The summed E-state index contributed by atoms with van der Waals surface area (Å²) in [6.07, 6.45) is 1.73. The third kappa shape index (κ3) is 4.70. The number of hydrogen-bond acceptors (Lipinski definition) is 3. The Morgan fingerprint density at radius 3 is 2.65 bits per heavy atom. The molecule has 0 aliphatic rings. The van der Waals surface area contributed by atoms with E-state index in [1.54, 1.807) is 6.20 Å². The number of amides is 1. The maximum absolute atomic E-state index is 11.8. The lowest BCUT2D eigenvalue weighted by molar-refractivity contribution is -0.118. The molecule has 4 heteroatoms. The zero-order chi connectivity index (χ0) is 14.2. The fourth-order valence-corrected chi connectivity index (χ4v) is 2.48. The number of rotatable bonds is 6. The molecule has 2 rings (SSSR count). The summed E-state index contributed by atoms with van der Waals surface area (Å²) in [7, 11) is 0. The second-order valence-corrected chi connectivity index (χ2v) is 5.57. The van der Waals surface area contributed by atoms with E-state index in [1.165, 1.54) is 17.3 Å².